The van der Waals surface area contributed by atoms with Crippen molar-refractivity contribution in [3.8, 4) is 5.75 Å². The molecule has 0 N–H and O–H groups in total. The van der Waals surface area contributed by atoms with Gasteiger partial charge in [0.25, 0.3) is 5.91 Å². The van der Waals surface area contributed by atoms with Crippen molar-refractivity contribution in [2.75, 3.05) is 52.6 Å². The Bertz CT molecular complexity index is 725. The molecule has 1 spiro atoms. The number of likely N-dealkylation sites (N-methyl/N-ethyl adjacent to an activating group) is 1. The minimum absolute atomic E-state index is 0.0445. The number of aryl methyl sites for hydroxylation is 1. The van der Waals surface area contributed by atoms with Crippen LogP contribution in [0.4, 0.5) is 0 Å². The van der Waals surface area contributed by atoms with Crippen molar-refractivity contribution < 1.29 is 23.8 Å². The molecule has 2 heterocycles. The summed E-state index contributed by atoms with van der Waals surface area (Å²) in [6.45, 7) is 6.99. The molecule has 166 valence electrons. The SMILES string of the molecule is CCOCC(=O)N1CCOC2(CCCCc3ccccc3OCCN(CC)C2=O)C1. The molecule has 0 bridgehead atoms. The molecule has 1 aromatic carbocycles. The molecule has 30 heavy (non-hydrogen) atoms. The van der Waals surface area contributed by atoms with E-state index in [1.165, 1.54) is 5.56 Å². The molecule has 0 aliphatic carbocycles. The Labute approximate surface area is 179 Å². The number of nitrogens with zero attached hydrogens (tertiary/aromatic N) is 2. The molecule has 2 amide bonds. The topological polar surface area (TPSA) is 68.3 Å². The molecule has 1 aromatic rings. The number of hydrogen-bond acceptors (Lipinski definition) is 5. The molecule has 7 nitrogen and oxygen atoms in total. The average Bonchev–Trinajstić information content (AvgIpc) is 2.78. The standard InChI is InChI=1S/C23H34N2O5/c1-3-24-13-15-29-20-11-6-5-9-19(20)10-7-8-12-23(22(24)27)18-25(14-16-30-23)21(26)17-28-4-2/h5-6,9,11H,3-4,7-8,10,12-18H2,1-2H3. The molecule has 1 saturated heterocycles. The third-order valence-electron chi connectivity index (χ3n) is 5.90. The number of carbonyl (C=O) groups is 2. The molecule has 7 heteroatoms. The fourth-order valence-corrected chi connectivity index (χ4v) is 4.20. The van der Waals surface area contributed by atoms with Crippen LogP contribution in [0, 0.1) is 0 Å². The molecule has 2 aliphatic rings. The van der Waals surface area contributed by atoms with Gasteiger partial charge in [-0.1, -0.05) is 18.2 Å². The second kappa shape index (κ2) is 10.8. The summed E-state index contributed by atoms with van der Waals surface area (Å²) >= 11 is 0. The van der Waals surface area contributed by atoms with Crippen molar-refractivity contribution in [1.29, 1.82) is 0 Å². The highest BCUT2D eigenvalue weighted by Crippen LogP contribution is 2.29. The molecule has 0 aromatic heterocycles. The largest absolute Gasteiger partial charge is 0.491 e. The third kappa shape index (κ3) is 5.32. The lowest BCUT2D eigenvalue weighted by Crippen LogP contribution is -2.62. The van der Waals surface area contributed by atoms with Gasteiger partial charge in [0, 0.05) is 19.7 Å². The third-order valence-corrected chi connectivity index (χ3v) is 5.90. The van der Waals surface area contributed by atoms with Gasteiger partial charge in [-0.2, -0.15) is 0 Å². The Morgan fingerprint density at radius 1 is 1.17 bits per heavy atom. The summed E-state index contributed by atoms with van der Waals surface area (Å²) in [7, 11) is 0. The van der Waals surface area contributed by atoms with E-state index >= 15 is 0 Å². The van der Waals surface area contributed by atoms with E-state index in [0.29, 0.717) is 45.9 Å². The smallest absolute Gasteiger partial charge is 0.256 e. The number of morpholine rings is 1. The van der Waals surface area contributed by atoms with Crippen molar-refractivity contribution >= 4 is 11.8 Å². The average molecular weight is 419 g/mol. The van der Waals surface area contributed by atoms with Gasteiger partial charge in [-0.25, -0.2) is 0 Å². The van der Waals surface area contributed by atoms with E-state index in [9.17, 15) is 9.59 Å². The summed E-state index contributed by atoms with van der Waals surface area (Å²) in [6.07, 6.45) is 3.26. The normalized spacial score (nSPS) is 23.3. The van der Waals surface area contributed by atoms with Gasteiger partial charge in [0.05, 0.1) is 19.7 Å². The Balaban J connectivity index is 1.79. The summed E-state index contributed by atoms with van der Waals surface area (Å²) < 4.78 is 17.4. The first-order chi connectivity index (χ1) is 14.6. The quantitative estimate of drug-likeness (QED) is 0.750. The minimum atomic E-state index is -0.991. The zero-order chi connectivity index (χ0) is 21.4. The van der Waals surface area contributed by atoms with E-state index in [1.807, 2.05) is 32.0 Å². The number of fused-ring (bicyclic) bond motifs is 1. The van der Waals surface area contributed by atoms with Crippen LogP contribution in [0.1, 0.15) is 38.7 Å². The van der Waals surface area contributed by atoms with E-state index in [2.05, 4.69) is 6.07 Å². The predicted octanol–water partition coefficient (Wildman–Crippen LogP) is 2.27. The van der Waals surface area contributed by atoms with Crippen molar-refractivity contribution in [1.82, 2.24) is 9.80 Å². The Hall–Kier alpha value is -2.12. The van der Waals surface area contributed by atoms with E-state index < -0.39 is 5.60 Å². The summed E-state index contributed by atoms with van der Waals surface area (Å²) in [5.41, 5.74) is 0.203. The first kappa shape index (κ1) is 22.6. The highest BCUT2D eigenvalue weighted by atomic mass is 16.5. The zero-order valence-corrected chi connectivity index (χ0v) is 18.2. The van der Waals surface area contributed by atoms with Crippen molar-refractivity contribution in [3.63, 3.8) is 0 Å². The first-order valence-corrected chi connectivity index (χ1v) is 11.1. The maximum atomic E-state index is 13.6. The van der Waals surface area contributed by atoms with E-state index in [4.69, 9.17) is 14.2 Å². The number of para-hydroxylation sites is 1. The molecule has 1 fully saturated rings. The van der Waals surface area contributed by atoms with Gasteiger partial charge in [-0.15, -0.1) is 0 Å². The Kier molecular flexibility index (Phi) is 8.10. The van der Waals surface area contributed by atoms with Gasteiger partial charge in [0.15, 0.2) is 5.60 Å². The van der Waals surface area contributed by atoms with Crippen LogP contribution in [0.3, 0.4) is 0 Å². The van der Waals surface area contributed by atoms with Crippen LogP contribution in [0.15, 0.2) is 24.3 Å². The van der Waals surface area contributed by atoms with Gasteiger partial charge >= 0.3 is 0 Å². The van der Waals surface area contributed by atoms with E-state index in [1.54, 1.807) is 9.80 Å². The van der Waals surface area contributed by atoms with Crippen LogP contribution in [-0.2, 0) is 25.5 Å². The van der Waals surface area contributed by atoms with Crippen molar-refractivity contribution in [2.24, 2.45) is 0 Å². The van der Waals surface area contributed by atoms with Crippen LogP contribution in [0.5, 0.6) is 5.75 Å². The molecule has 1 unspecified atom stereocenters. The number of benzene rings is 1. The van der Waals surface area contributed by atoms with Crippen molar-refractivity contribution in [3.05, 3.63) is 29.8 Å². The molecule has 0 radical (unpaired) electrons. The van der Waals surface area contributed by atoms with Gasteiger partial charge in [-0.05, 0) is 51.2 Å². The second-order valence-corrected chi connectivity index (χ2v) is 7.84. The number of carbonyl (C=O) groups excluding carboxylic acids is 2. The number of rotatable bonds is 4. The monoisotopic (exact) mass is 418 g/mol. The van der Waals surface area contributed by atoms with Gasteiger partial charge < -0.3 is 24.0 Å². The minimum Gasteiger partial charge on any atom is -0.491 e. The lowest BCUT2D eigenvalue weighted by atomic mass is 9.91. The number of amides is 2. The lowest BCUT2D eigenvalue weighted by molar-refractivity contribution is -0.177. The highest BCUT2D eigenvalue weighted by Gasteiger charge is 2.46. The van der Waals surface area contributed by atoms with Crippen LogP contribution >= 0.6 is 0 Å². The zero-order valence-electron chi connectivity index (χ0n) is 18.2. The number of hydrogen-bond donors (Lipinski definition) is 0. The lowest BCUT2D eigenvalue weighted by Gasteiger charge is -2.44. The van der Waals surface area contributed by atoms with Crippen LogP contribution < -0.4 is 4.74 Å². The van der Waals surface area contributed by atoms with E-state index in [0.717, 1.165) is 25.0 Å². The molecular weight excluding hydrogens is 384 g/mol. The maximum absolute atomic E-state index is 13.6. The molecule has 1 atom stereocenters. The fraction of sp³-hybridized carbons (Fsp3) is 0.652. The van der Waals surface area contributed by atoms with Gasteiger partial charge in [-0.3, -0.25) is 9.59 Å². The predicted molar refractivity (Wildman–Crippen MR) is 114 cm³/mol. The summed E-state index contributed by atoms with van der Waals surface area (Å²) in [4.78, 5) is 29.6. The number of ether oxygens (including phenoxy) is 3. The summed E-state index contributed by atoms with van der Waals surface area (Å²) in [5, 5.41) is 0. The van der Waals surface area contributed by atoms with Gasteiger partial charge in [0.2, 0.25) is 5.91 Å². The van der Waals surface area contributed by atoms with Gasteiger partial charge in [0.1, 0.15) is 19.0 Å². The van der Waals surface area contributed by atoms with Crippen LogP contribution in [0.25, 0.3) is 0 Å². The van der Waals surface area contributed by atoms with Crippen LogP contribution in [-0.4, -0.2) is 79.8 Å². The first-order valence-electron chi connectivity index (χ1n) is 11.1. The Morgan fingerprint density at radius 2 is 2.00 bits per heavy atom. The summed E-state index contributed by atoms with van der Waals surface area (Å²) in [6, 6.07) is 8.10. The molecule has 0 saturated carbocycles. The highest BCUT2D eigenvalue weighted by molar-refractivity contribution is 5.87. The molecule has 2 aliphatic heterocycles. The Morgan fingerprint density at radius 3 is 2.80 bits per heavy atom. The summed E-state index contributed by atoms with van der Waals surface area (Å²) in [5.74, 6) is 0.771. The maximum Gasteiger partial charge on any atom is 0.256 e. The van der Waals surface area contributed by atoms with Crippen molar-refractivity contribution in [2.45, 2.75) is 45.1 Å². The second-order valence-electron chi connectivity index (χ2n) is 7.84. The fourth-order valence-electron chi connectivity index (χ4n) is 4.20. The van der Waals surface area contributed by atoms with Crippen LogP contribution in [0.2, 0.25) is 0 Å². The molecular formula is C23H34N2O5. The van der Waals surface area contributed by atoms with E-state index in [-0.39, 0.29) is 25.0 Å². The molecule has 3 rings (SSSR count).